The molecule has 390 valence electrons. The highest BCUT2D eigenvalue weighted by molar-refractivity contribution is 5.70. The minimum Gasteiger partial charge on any atom is -0.493 e. The molecule has 4 fully saturated rings. The van der Waals surface area contributed by atoms with Crippen molar-refractivity contribution in [1.82, 2.24) is 9.88 Å². The van der Waals surface area contributed by atoms with Gasteiger partial charge in [-0.25, -0.2) is 13.8 Å². The molecule has 3 aromatic carbocycles. The maximum atomic E-state index is 14.3. The number of aromatic nitrogens is 1. The Morgan fingerprint density at radius 3 is 1.80 bits per heavy atom. The summed E-state index contributed by atoms with van der Waals surface area (Å²) in [5.74, 6) is -3.39. The fourth-order valence-corrected chi connectivity index (χ4v) is 7.93. The van der Waals surface area contributed by atoms with Crippen LogP contribution in [0.15, 0.2) is 84.9 Å². The van der Waals surface area contributed by atoms with Gasteiger partial charge in [0, 0.05) is 56.5 Å². The SMILES string of the molecule is C1CC1.C1CC1.CCC(c1cc(C(F)(F)CC)ccc1C(F)(F)F)N1CC(COc2cccc(C[C@H](C)C(=O)O)c2)C1.O=C(O)CCc1cccc(OCC2CCN(c3cccc(C(F)(F)F)n3)CC2)c1. The number of ether oxygens (including phenoxy) is 2. The number of alkyl halides is 8. The minimum atomic E-state index is -4.64. The summed E-state index contributed by atoms with van der Waals surface area (Å²) in [4.78, 5) is 29.3. The number of carbonyl (C=O) groups is 2. The van der Waals surface area contributed by atoms with Crippen LogP contribution in [0.2, 0.25) is 0 Å². The second-order valence-electron chi connectivity index (χ2n) is 18.8. The topological polar surface area (TPSA) is 112 Å². The summed E-state index contributed by atoms with van der Waals surface area (Å²) < 4.78 is 120. The first-order chi connectivity index (χ1) is 33.7. The second-order valence-corrected chi connectivity index (χ2v) is 18.8. The highest BCUT2D eigenvalue weighted by Crippen LogP contribution is 2.43. The quantitative estimate of drug-likeness (QED) is 0.0941. The molecule has 8 rings (SSSR count). The normalized spacial score (nSPS) is 16.9. The molecule has 17 heteroatoms. The number of piperidine rings is 1. The number of carboxylic acids is 2. The van der Waals surface area contributed by atoms with Gasteiger partial charge in [0.15, 0.2) is 0 Å². The predicted octanol–water partition coefficient (Wildman–Crippen LogP) is 13.7. The van der Waals surface area contributed by atoms with E-state index in [4.69, 9.17) is 19.7 Å². The molecule has 2 atom stereocenters. The predicted molar refractivity (Wildman–Crippen MR) is 256 cm³/mol. The molecule has 4 aromatic rings. The van der Waals surface area contributed by atoms with Gasteiger partial charge in [0.05, 0.1) is 24.7 Å². The first kappa shape index (κ1) is 56.5. The van der Waals surface area contributed by atoms with Crippen molar-refractivity contribution in [1.29, 1.82) is 0 Å². The molecule has 0 spiro atoms. The largest absolute Gasteiger partial charge is 0.493 e. The van der Waals surface area contributed by atoms with Crippen molar-refractivity contribution in [2.45, 2.75) is 129 Å². The number of benzene rings is 3. The van der Waals surface area contributed by atoms with Gasteiger partial charge in [0.1, 0.15) is 23.0 Å². The van der Waals surface area contributed by atoms with Crippen molar-refractivity contribution in [2.24, 2.45) is 17.8 Å². The van der Waals surface area contributed by atoms with Crippen LogP contribution in [0.25, 0.3) is 0 Å². The molecule has 2 aliphatic heterocycles. The van der Waals surface area contributed by atoms with Crippen LogP contribution >= 0.6 is 0 Å². The first-order valence-electron chi connectivity index (χ1n) is 24.7. The van der Waals surface area contributed by atoms with Crippen LogP contribution in [0.4, 0.5) is 40.9 Å². The van der Waals surface area contributed by atoms with Gasteiger partial charge in [0.25, 0.3) is 5.92 Å². The Bertz CT molecular complexity index is 2280. The van der Waals surface area contributed by atoms with E-state index in [0.717, 1.165) is 48.2 Å². The summed E-state index contributed by atoms with van der Waals surface area (Å²) in [5.41, 5.74) is -0.512. The Morgan fingerprint density at radius 1 is 0.718 bits per heavy atom. The number of aliphatic carboxylic acids is 2. The van der Waals surface area contributed by atoms with Crippen molar-refractivity contribution in [3.63, 3.8) is 0 Å². The number of aryl methyl sites for hydroxylation is 1. The molecule has 2 saturated heterocycles. The number of anilines is 1. The Morgan fingerprint density at radius 2 is 1.28 bits per heavy atom. The molecule has 71 heavy (non-hydrogen) atoms. The van der Waals surface area contributed by atoms with E-state index < -0.39 is 65.4 Å². The molecule has 1 aromatic heterocycles. The zero-order valence-corrected chi connectivity index (χ0v) is 40.7. The second kappa shape index (κ2) is 26.3. The first-order valence-corrected chi connectivity index (χ1v) is 24.7. The molecule has 0 amide bonds. The van der Waals surface area contributed by atoms with Crippen molar-refractivity contribution in [3.8, 4) is 11.5 Å². The summed E-state index contributed by atoms with van der Waals surface area (Å²) in [7, 11) is 0. The van der Waals surface area contributed by atoms with Crippen molar-refractivity contribution in [3.05, 3.63) is 118 Å². The Balaban J connectivity index is 0.000000239. The molecule has 0 radical (unpaired) electrons. The maximum absolute atomic E-state index is 14.3. The smallest absolute Gasteiger partial charge is 0.433 e. The van der Waals surface area contributed by atoms with Gasteiger partial charge >= 0.3 is 24.3 Å². The zero-order chi connectivity index (χ0) is 51.8. The maximum Gasteiger partial charge on any atom is 0.433 e. The lowest BCUT2D eigenvalue weighted by Gasteiger charge is -2.45. The van der Waals surface area contributed by atoms with E-state index in [2.05, 4.69) is 4.98 Å². The molecule has 9 nitrogen and oxygen atoms in total. The van der Waals surface area contributed by atoms with E-state index in [1.165, 1.54) is 51.5 Å². The highest BCUT2D eigenvalue weighted by Gasteiger charge is 2.41. The van der Waals surface area contributed by atoms with Gasteiger partial charge in [-0.1, -0.05) is 95.7 Å². The van der Waals surface area contributed by atoms with Crippen LogP contribution in [-0.2, 0) is 40.7 Å². The third-order valence-corrected chi connectivity index (χ3v) is 12.4. The minimum absolute atomic E-state index is 0.0749. The molecule has 3 heterocycles. The fraction of sp³-hybridized carbons (Fsp3) is 0.537. The summed E-state index contributed by atoms with van der Waals surface area (Å²) >= 11 is 0. The molecule has 2 saturated carbocycles. The number of hydrogen-bond donors (Lipinski definition) is 2. The number of pyridine rings is 1. The van der Waals surface area contributed by atoms with E-state index in [1.807, 2.05) is 40.1 Å². The Hall–Kier alpha value is -5.45. The van der Waals surface area contributed by atoms with Crippen LogP contribution in [0.5, 0.6) is 11.5 Å². The number of halogens is 8. The van der Waals surface area contributed by atoms with Gasteiger partial charge in [0.2, 0.25) is 0 Å². The Kier molecular flexibility index (Phi) is 20.9. The third-order valence-electron chi connectivity index (χ3n) is 12.4. The molecule has 0 bridgehead atoms. The zero-order valence-electron chi connectivity index (χ0n) is 40.7. The van der Waals surface area contributed by atoms with E-state index in [1.54, 1.807) is 38.1 Å². The standard InChI is InChI=1S/C27H32F5NO3.C21H23F3N2O3.2C3H6/c1-4-24(22-13-20(26(28,29)5-2)9-10-23(22)27(30,31)32)33-14-19(15-33)16-36-21-8-6-7-18(12-21)11-17(3)25(34)35;22-21(23,24)18-5-2-6-19(25-18)26-11-9-16(10-12-26)14-29-17-4-1-3-15(13-17)7-8-20(27)28;2*1-2-3-1/h6-10,12-13,17,19,24H,4-5,11,14-16H2,1-3H3,(H,34,35);1-6,13,16H,7-12,14H2,(H,27,28);2*1-3H2/t17-,24?;;;/m0.../s1. The van der Waals surface area contributed by atoms with Crippen molar-refractivity contribution >= 4 is 17.8 Å². The van der Waals surface area contributed by atoms with E-state index in [9.17, 15) is 44.7 Å². The van der Waals surface area contributed by atoms with Crippen LogP contribution in [0.1, 0.15) is 131 Å². The molecule has 4 aliphatic rings. The fourth-order valence-electron chi connectivity index (χ4n) is 7.93. The molecule has 2 aliphatic carbocycles. The number of nitrogens with zero attached hydrogens (tertiary/aromatic N) is 3. The Labute approximate surface area is 411 Å². The van der Waals surface area contributed by atoms with Gasteiger partial charge in [-0.3, -0.25) is 14.5 Å². The average molecular weight is 1010 g/mol. The molecule has 2 N–H and O–H groups in total. The van der Waals surface area contributed by atoms with E-state index in [0.29, 0.717) is 81.9 Å². The summed E-state index contributed by atoms with van der Waals surface area (Å²) in [6, 6.07) is 20.6. The summed E-state index contributed by atoms with van der Waals surface area (Å²) in [5, 5.41) is 17.9. The van der Waals surface area contributed by atoms with Crippen LogP contribution in [0.3, 0.4) is 0 Å². The number of likely N-dealkylation sites (tertiary alicyclic amines) is 1. The molecular weight excluding hydrogens is 939 g/mol. The number of carboxylic acid groups (broad SMARTS) is 2. The van der Waals surface area contributed by atoms with Crippen LogP contribution in [-0.4, -0.2) is 71.4 Å². The number of hydrogen-bond acceptors (Lipinski definition) is 7. The van der Waals surface area contributed by atoms with Gasteiger partial charge < -0.3 is 24.6 Å². The monoisotopic (exact) mass is 1010 g/mol. The summed E-state index contributed by atoms with van der Waals surface area (Å²) in [6.07, 6.45) is 2.28. The highest BCUT2D eigenvalue weighted by atomic mass is 19.4. The number of rotatable bonds is 18. The van der Waals surface area contributed by atoms with E-state index in [-0.39, 0.29) is 17.9 Å². The average Bonchev–Trinajstić information content (AvgIpc) is 4.23. The lowest BCUT2D eigenvalue weighted by Crippen LogP contribution is -2.50. The van der Waals surface area contributed by atoms with Gasteiger partial charge in [-0.15, -0.1) is 0 Å². The van der Waals surface area contributed by atoms with Crippen LogP contribution < -0.4 is 14.4 Å². The summed E-state index contributed by atoms with van der Waals surface area (Å²) in [6.45, 7) is 7.78. The van der Waals surface area contributed by atoms with Crippen molar-refractivity contribution in [2.75, 3.05) is 44.3 Å². The van der Waals surface area contributed by atoms with Gasteiger partial charge in [-0.2, -0.15) is 26.3 Å². The van der Waals surface area contributed by atoms with E-state index >= 15 is 0 Å². The lowest BCUT2D eigenvalue weighted by molar-refractivity contribution is -0.141. The van der Waals surface area contributed by atoms with Gasteiger partial charge in [-0.05, 0) is 103 Å². The molecule has 1 unspecified atom stereocenters. The van der Waals surface area contributed by atoms with Crippen LogP contribution in [0, 0.1) is 17.8 Å². The van der Waals surface area contributed by atoms with Crippen molar-refractivity contribution < 1.29 is 64.4 Å². The third kappa shape index (κ3) is 18.9. The lowest BCUT2D eigenvalue weighted by atomic mass is 9.88. The molecular formula is C54H67F8N3O6.